The van der Waals surface area contributed by atoms with E-state index >= 15 is 0 Å². The van der Waals surface area contributed by atoms with Gasteiger partial charge in [-0.05, 0) is 41.7 Å². The molecule has 3 heteroatoms. The van der Waals surface area contributed by atoms with Crippen LogP contribution in [0.5, 0.6) is 5.75 Å². The molecule has 116 valence electrons. The van der Waals surface area contributed by atoms with E-state index in [1.165, 1.54) is 5.56 Å². The van der Waals surface area contributed by atoms with Crippen LogP contribution < -0.4 is 10.1 Å². The number of nitrogens with one attached hydrogen (secondary N) is 1. The summed E-state index contributed by atoms with van der Waals surface area (Å²) in [5.41, 5.74) is 3.20. The van der Waals surface area contributed by atoms with Gasteiger partial charge in [-0.15, -0.1) is 0 Å². The van der Waals surface area contributed by atoms with Crippen molar-refractivity contribution in [2.75, 3.05) is 11.9 Å². The number of amides is 1. The Morgan fingerprint density at radius 3 is 2.27 bits per heavy atom. The quantitative estimate of drug-likeness (QED) is 0.913. The smallest absolute Gasteiger partial charge is 0.262 e. The van der Waals surface area contributed by atoms with E-state index in [4.69, 9.17) is 4.74 Å². The molecule has 0 aliphatic carbocycles. The first-order valence-electron chi connectivity index (χ1n) is 7.45. The predicted molar refractivity (Wildman–Crippen MR) is 90.4 cm³/mol. The maximum Gasteiger partial charge on any atom is 0.262 e. The molecule has 1 N–H and O–H groups in total. The molecule has 0 atom stereocenters. The van der Waals surface area contributed by atoms with E-state index in [0.717, 1.165) is 11.3 Å². The van der Waals surface area contributed by atoms with Crippen molar-refractivity contribution in [2.24, 2.45) is 0 Å². The molecule has 0 spiro atoms. The Kier molecular flexibility index (Phi) is 4.86. The molecule has 2 aromatic carbocycles. The largest absolute Gasteiger partial charge is 0.484 e. The SMILES string of the molecule is Cc1ccccc1NC(=O)COc1ccc(C(C)(C)C)cc1. The predicted octanol–water partition coefficient (Wildman–Crippen LogP) is 4.31. The minimum absolute atomic E-state index is 0.00317. The third kappa shape index (κ3) is 4.35. The van der Waals surface area contributed by atoms with Crippen molar-refractivity contribution in [2.45, 2.75) is 33.1 Å². The van der Waals surface area contributed by atoms with Gasteiger partial charge in [0.1, 0.15) is 5.75 Å². The van der Waals surface area contributed by atoms with Crippen LogP contribution in [0, 0.1) is 6.92 Å². The fourth-order valence-electron chi connectivity index (χ4n) is 2.10. The van der Waals surface area contributed by atoms with Crippen LogP contribution in [0.2, 0.25) is 0 Å². The molecule has 1 amide bonds. The molecule has 0 aromatic heterocycles. The molecular formula is C19H23NO2. The molecule has 2 rings (SSSR count). The minimum Gasteiger partial charge on any atom is -0.484 e. The fraction of sp³-hybridized carbons (Fsp3) is 0.316. The van der Waals surface area contributed by atoms with Crippen molar-refractivity contribution in [1.29, 1.82) is 0 Å². The Labute approximate surface area is 132 Å². The number of ether oxygens (including phenoxy) is 1. The van der Waals surface area contributed by atoms with Crippen LogP contribution in [-0.2, 0) is 10.2 Å². The number of para-hydroxylation sites is 1. The van der Waals surface area contributed by atoms with Gasteiger partial charge in [0.15, 0.2) is 6.61 Å². The third-order valence-corrected chi connectivity index (χ3v) is 3.51. The van der Waals surface area contributed by atoms with Gasteiger partial charge in [-0.2, -0.15) is 0 Å². The molecule has 2 aromatic rings. The molecule has 0 unspecified atom stereocenters. The Morgan fingerprint density at radius 2 is 1.68 bits per heavy atom. The highest BCUT2D eigenvalue weighted by Gasteiger charge is 2.13. The number of benzene rings is 2. The van der Waals surface area contributed by atoms with Gasteiger partial charge >= 0.3 is 0 Å². The molecule has 0 saturated carbocycles. The van der Waals surface area contributed by atoms with Crippen molar-refractivity contribution in [3.05, 3.63) is 59.7 Å². The van der Waals surface area contributed by atoms with E-state index in [-0.39, 0.29) is 17.9 Å². The van der Waals surface area contributed by atoms with Crippen molar-refractivity contribution in [1.82, 2.24) is 0 Å². The first kappa shape index (κ1) is 16.1. The molecule has 22 heavy (non-hydrogen) atoms. The highest BCUT2D eigenvalue weighted by Crippen LogP contribution is 2.24. The number of aryl methyl sites for hydroxylation is 1. The van der Waals surface area contributed by atoms with Gasteiger partial charge in [0.2, 0.25) is 0 Å². The second-order valence-electron chi connectivity index (χ2n) is 6.43. The molecule has 0 saturated heterocycles. The first-order chi connectivity index (χ1) is 10.4. The first-order valence-corrected chi connectivity index (χ1v) is 7.45. The van der Waals surface area contributed by atoms with Gasteiger partial charge in [-0.3, -0.25) is 4.79 Å². The topological polar surface area (TPSA) is 38.3 Å². The van der Waals surface area contributed by atoms with E-state index in [0.29, 0.717) is 5.75 Å². The number of hydrogen-bond donors (Lipinski definition) is 1. The van der Waals surface area contributed by atoms with Crippen molar-refractivity contribution >= 4 is 11.6 Å². The van der Waals surface area contributed by atoms with Crippen molar-refractivity contribution in [3.8, 4) is 5.75 Å². The second kappa shape index (κ2) is 6.65. The molecule has 0 fully saturated rings. The number of carbonyl (C=O) groups is 1. The number of rotatable bonds is 4. The molecule has 0 heterocycles. The van der Waals surface area contributed by atoms with Crippen molar-refractivity contribution < 1.29 is 9.53 Å². The fourth-order valence-corrected chi connectivity index (χ4v) is 2.10. The van der Waals surface area contributed by atoms with Gasteiger partial charge in [0.25, 0.3) is 5.91 Å². The van der Waals surface area contributed by atoms with E-state index in [9.17, 15) is 4.79 Å². The monoisotopic (exact) mass is 297 g/mol. The van der Waals surface area contributed by atoms with Gasteiger partial charge in [0.05, 0.1) is 0 Å². The Bertz CT molecular complexity index is 639. The zero-order chi connectivity index (χ0) is 16.2. The van der Waals surface area contributed by atoms with E-state index in [1.54, 1.807) is 0 Å². The Hall–Kier alpha value is -2.29. The maximum absolute atomic E-state index is 11.9. The van der Waals surface area contributed by atoms with Crippen molar-refractivity contribution in [3.63, 3.8) is 0 Å². The Morgan fingerprint density at radius 1 is 1.05 bits per heavy atom. The van der Waals surface area contributed by atoms with E-state index in [2.05, 4.69) is 26.1 Å². The summed E-state index contributed by atoms with van der Waals surface area (Å²) in [7, 11) is 0. The molecule has 3 nitrogen and oxygen atoms in total. The lowest BCUT2D eigenvalue weighted by Crippen LogP contribution is -2.20. The summed E-state index contributed by atoms with van der Waals surface area (Å²) in [4.78, 5) is 11.9. The van der Waals surface area contributed by atoms with Gasteiger partial charge in [0, 0.05) is 5.69 Å². The van der Waals surface area contributed by atoms with E-state index < -0.39 is 0 Å². The minimum atomic E-state index is -0.158. The zero-order valence-electron chi connectivity index (χ0n) is 13.6. The van der Waals surface area contributed by atoms with Gasteiger partial charge in [-0.1, -0.05) is 51.1 Å². The summed E-state index contributed by atoms with van der Waals surface area (Å²) >= 11 is 0. The molecule has 0 radical (unpaired) electrons. The van der Waals surface area contributed by atoms with Crippen LogP contribution in [0.15, 0.2) is 48.5 Å². The van der Waals surface area contributed by atoms with Crippen LogP contribution in [-0.4, -0.2) is 12.5 Å². The molecular weight excluding hydrogens is 274 g/mol. The van der Waals surface area contributed by atoms with Crippen LogP contribution in [0.25, 0.3) is 0 Å². The maximum atomic E-state index is 11.9. The lowest BCUT2D eigenvalue weighted by molar-refractivity contribution is -0.118. The third-order valence-electron chi connectivity index (χ3n) is 3.51. The lowest BCUT2D eigenvalue weighted by Gasteiger charge is -2.19. The summed E-state index contributed by atoms with van der Waals surface area (Å²) in [5, 5.41) is 2.85. The summed E-state index contributed by atoms with van der Waals surface area (Å²) < 4.78 is 5.54. The van der Waals surface area contributed by atoms with Gasteiger partial charge < -0.3 is 10.1 Å². The number of hydrogen-bond acceptors (Lipinski definition) is 2. The van der Waals surface area contributed by atoms with Gasteiger partial charge in [-0.25, -0.2) is 0 Å². The number of anilines is 1. The summed E-state index contributed by atoms with van der Waals surface area (Å²) in [6, 6.07) is 15.6. The lowest BCUT2D eigenvalue weighted by atomic mass is 9.87. The van der Waals surface area contributed by atoms with Crippen LogP contribution in [0.1, 0.15) is 31.9 Å². The summed E-state index contributed by atoms with van der Waals surface area (Å²) in [6.45, 7) is 8.46. The average molecular weight is 297 g/mol. The summed E-state index contributed by atoms with van der Waals surface area (Å²) in [5.74, 6) is 0.544. The van der Waals surface area contributed by atoms with Crippen LogP contribution in [0.4, 0.5) is 5.69 Å². The van der Waals surface area contributed by atoms with Crippen LogP contribution in [0.3, 0.4) is 0 Å². The zero-order valence-corrected chi connectivity index (χ0v) is 13.6. The van der Waals surface area contributed by atoms with E-state index in [1.807, 2.05) is 55.5 Å². The number of carbonyl (C=O) groups excluding carboxylic acids is 1. The van der Waals surface area contributed by atoms with Crippen LogP contribution >= 0.6 is 0 Å². The normalized spacial score (nSPS) is 11.1. The average Bonchev–Trinajstić information content (AvgIpc) is 2.47. The summed E-state index contributed by atoms with van der Waals surface area (Å²) in [6.07, 6.45) is 0. The second-order valence-corrected chi connectivity index (χ2v) is 6.43. The molecule has 0 aliphatic rings. The molecule has 0 bridgehead atoms. The Balaban J connectivity index is 1.90. The molecule has 0 aliphatic heterocycles. The highest BCUT2D eigenvalue weighted by atomic mass is 16.5. The standard InChI is InChI=1S/C19H23NO2/c1-14-7-5-6-8-17(14)20-18(21)13-22-16-11-9-15(10-12-16)19(2,3)4/h5-12H,13H2,1-4H3,(H,20,21). The highest BCUT2D eigenvalue weighted by molar-refractivity contribution is 5.92.